The summed E-state index contributed by atoms with van der Waals surface area (Å²) in [7, 11) is 1.60. The molecule has 0 spiro atoms. The number of thiophene rings is 1. The van der Waals surface area contributed by atoms with Crippen LogP contribution in [0.4, 0.5) is 0 Å². The molecule has 2 heterocycles. The first-order chi connectivity index (χ1) is 15.6. The number of ether oxygens (including phenoxy) is 2. The number of aryl methyl sites for hydroxylation is 2. The van der Waals surface area contributed by atoms with Crippen molar-refractivity contribution in [1.82, 2.24) is 15.3 Å². The maximum atomic E-state index is 12.8. The zero-order valence-corrected chi connectivity index (χ0v) is 21.7. The molecule has 178 valence electrons. The lowest BCUT2D eigenvalue weighted by Gasteiger charge is -2.20. The molecule has 0 aliphatic carbocycles. The van der Waals surface area contributed by atoms with E-state index in [-0.39, 0.29) is 28.9 Å². The zero-order valence-electron chi connectivity index (χ0n) is 20.1. The van der Waals surface area contributed by atoms with E-state index in [0.29, 0.717) is 28.5 Å². The fraction of sp³-hybridized carbons (Fsp3) is 0.458. The maximum Gasteiger partial charge on any atom is 0.259 e. The third-order valence-electron chi connectivity index (χ3n) is 5.34. The van der Waals surface area contributed by atoms with Crippen LogP contribution in [-0.4, -0.2) is 34.3 Å². The molecule has 7 nitrogen and oxygen atoms in total. The van der Waals surface area contributed by atoms with Crippen molar-refractivity contribution in [3.8, 4) is 11.5 Å². The maximum absolute atomic E-state index is 12.8. The molecular formula is C24H31N3O4S2. The van der Waals surface area contributed by atoms with Crippen LogP contribution in [0.1, 0.15) is 55.6 Å². The van der Waals surface area contributed by atoms with E-state index in [1.165, 1.54) is 23.1 Å². The van der Waals surface area contributed by atoms with Gasteiger partial charge in [0.1, 0.15) is 10.7 Å². The number of benzene rings is 1. The van der Waals surface area contributed by atoms with Crippen molar-refractivity contribution in [1.29, 1.82) is 0 Å². The molecule has 0 fully saturated rings. The van der Waals surface area contributed by atoms with Crippen LogP contribution in [0.15, 0.2) is 23.0 Å². The molecule has 2 unspecified atom stereocenters. The Labute approximate surface area is 202 Å². The number of hydrogen-bond donors (Lipinski definition) is 2. The highest BCUT2D eigenvalue weighted by molar-refractivity contribution is 7.99. The van der Waals surface area contributed by atoms with Crippen molar-refractivity contribution in [2.75, 3.05) is 7.11 Å². The number of aromatic nitrogens is 2. The number of fused-ring (bicyclic) bond motifs is 1. The van der Waals surface area contributed by atoms with Gasteiger partial charge in [0.05, 0.1) is 35.6 Å². The largest absolute Gasteiger partial charge is 0.493 e. The Balaban J connectivity index is 1.62. The molecule has 0 saturated heterocycles. The minimum atomic E-state index is -0.314. The Kier molecular flexibility index (Phi) is 8.07. The summed E-state index contributed by atoms with van der Waals surface area (Å²) in [5.74, 6) is 2.25. The van der Waals surface area contributed by atoms with Crippen molar-refractivity contribution in [2.45, 2.75) is 64.7 Å². The number of thioether (sulfide) groups is 1. The topological polar surface area (TPSA) is 93.3 Å². The van der Waals surface area contributed by atoms with E-state index in [1.807, 2.05) is 59.7 Å². The summed E-state index contributed by atoms with van der Waals surface area (Å²) < 4.78 is 11.2. The van der Waals surface area contributed by atoms with Crippen molar-refractivity contribution in [2.24, 2.45) is 0 Å². The SMILES string of the molecule is COc1cc(C(C)NC(=O)C(C)SCc2nc3sc(C)c(C)c3c(=O)[nH]2)ccc1OC(C)C. The van der Waals surface area contributed by atoms with Crippen LogP contribution in [0.3, 0.4) is 0 Å². The van der Waals surface area contributed by atoms with E-state index in [9.17, 15) is 9.59 Å². The molecule has 0 radical (unpaired) electrons. The molecule has 3 aromatic rings. The van der Waals surface area contributed by atoms with Gasteiger partial charge in [-0.15, -0.1) is 23.1 Å². The second kappa shape index (κ2) is 10.6. The highest BCUT2D eigenvalue weighted by Gasteiger charge is 2.19. The van der Waals surface area contributed by atoms with Crippen LogP contribution in [0, 0.1) is 13.8 Å². The summed E-state index contributed by atoms with van der Waals surface area (Å²) in [6.07, 6.45) is 0.0396. The van der Waals surface area contributed by atoms with Crippen LogP contribution < -0.4 is 20.3 Å². The van der Waals surface area contributed by atoms with Gasteiger partial charge in [-0.05, 0) is 64.8 Å². The highest BCUT2D eigenvalue weighted by atomic mass is 32.2. The zero-order chi connectivity index (χ0) is 24.3. The molecule has 2 aromatic heterocycles. The lowest BCUT2D eigenvalue weighted by molar-refractivity contribution is -0.120. The lowest BCUT2D eigenvalue weighted by atomic mass is 10.1. The molecule has 2 atom stereocenters. The third-order valence-corrected chi connectivity index (χ3v) is 7.59. The fourth-order valence-electron chi connectivity index (χ4n) is 3.37. The molecular weight excluding hydrogens is 458 g/mol. The molecule has 9 heteroatoms. The smallest absolute Gasteiger partial charge is 0.259 e. The number of H-pyrrole nitrogens is 1. The number of hydrogen-bond acceptors (Lipinski definition) is 7. The van der Waals surface area contributed by atoms with Gasteiger partial charge in [0.25, 0.3) is 5.56 Å². The van der Waals surface area contributed by atoms with E-state index in [1.54, 1.807) is 7.11 Å². The number of carbonyl (C=O) groups is 1. The van der Waals surface area contributed by atoms with Gasteiger partial charge in [-0.1, -0.05) is 6.07 Å². The molecule has 3 rings (SSSR count). The van der Waals surface area contributed by atoms with Gasteiger partial charge in [0.15, 0.2) is 11.5 Å². The number of carbonyl (C=O) groups excluding carboxylic acids is 1. The van der Waals surface area contributed by atoms with E-state index < -0.39 is 0 Å². The first-order valence-electron chi connectivity index (χ1n) is 10.9. The Bertz CT molecular complexity index is 1200. The van der Waals surface area contributed by atoms with Gasteiger partial charge in [-0.3, -0.25) is 9.59 Å². The van der Waals surface area contributed by atoms with E-state index in [2.05, 4.69) is 15.3 Å². The average Bonchev–Trinajstić information content (AvgIpc) is 3.05. The van der Waals surface area contributed by atoms with Crippen LogP contribution in [0.5, 0.6) is 11.5 Å². The van der Waals surface area contributed by atoms with Gasteiger partial charge in [0.2, 0.25) is 5.91 Å². The second-order valence-electron chi connectivity index (χ2n) is 8.24. The summed E-state index contributed by atoms with van der Waals surface area (Å²) in [4.78, 5) is 34.5. The van der Waals surface area contributed by atoms with Gasteiger partial charge < -0.3 is 19.8 Å². The number of methoxy groups -OCH3 is 1. The minimum absolute atomic E-state index is 0.0396. The van der Waals surface area contributed by atoms with Gasteiger partial charge in [0, 0.05) is 4.88 Å². The number of amides is 1. The van der Waals surface area contributed by atoms with Crippen LogP contribution in [-0.2, 0) is 10.5 Å². The molecule has 1 amide bonds. The van der Waals surface area contributed by atoms with Crippen LogP contribution >= 0.6 is 23.1 Å². The average molecular weight is 490 g/mol. The first kappa shape index (κ1) is 25.1. The number of nitrogens with zero attached hydrogens (tertiary/aromatic N) is 1. The quantitative estimate of drug-likeness (QED) is 0.444. The molecule has 2 N–H and O–H groups in total. The van der Waals surface area contributed by atoms with Crippen LogP contribution in [0.25, 0.3) is 10.2 Å². The van der Waals surface area contributed by atoms with Gasteiger partial charge in [-0.2, -0.15) is 0 Å². The third kappa shape index (κ3) is 5.89. The summed E-state index contributed by atoms with van der Waals surface area (Å²) in [5, 5.41) is 3.39. The van der Waals surface area contributed by atoms with Gasteiger partial charge >= 0.3 is 0 Å². The first-order valence-corrected chi connectivity index (χ1v) is 12.7. The Hall–Kier alpha value is -2.52. The normalized spacial score (nSPS) is 13.2. The van der Waals surface area contributed by atoms with Crippen molar-refractivity contribution >= 4 is 39.2 Å². The predicted molar refractivity (Wildman–Crippen MR) is 136 cm³/mol. The number of nitrogens with one attached hydrogen (secondary N) is 2. The molecule has 0 bridgehead atoms. The molecule has 33 heavy (non-hydrogen) atoms. The van der Waals surface area contributed by atoms with Crippen LogP contribution in [0.2, 0.25) is 0 Å². The summed E-state index contributed by atoms with van der Waals surface area (Å²) >= 11 is 2.96. The van der Waals surface area contributed by atoms with Crippen molar-refractivity contribution < 1.29 is 14.3 Å². The minimum Gasteiger partial charge on any atom is -0.493 e. The Morgan fingerprint density at radius 2 is 1.94 bits per heavy atom. The standard InChI is InChI=1S/C24H31N3O4S2/c1-12(2)31-18-9-8-17(10-19(18)30-7)14(4)25-22(28)16(6)32-11-20-26-23(29)21-13(3)15(5)33-24(21)27-20/h8-10,12,14,16H,11H2,1-7H3,(H,25,28)(H,26,27,29). The number of aromatic amines is 1. The van der Waals surface area contributed by atoms with Gasteiger partial charge in [-0.25, -0.2) is 4.98 Å². The lowest BCUT2D eigenvalue weighted by Crippen LogP contribution is -2.33. The Morgan fingerprint density at radius 3 is 2.61 bits per heavy atom. The monoisotopic (exact) mass is 489 g/mol. The molecule has 0 aliphatic heterocycles. The van der Waals surface area contributed by atoms with E-state index in [4.69, 9.17) is 9.47 Å². The summed E-state index contributed by atoms with van der Waals surface area (Å²) in [5.41, 5.74) is 1.78. The van der Waals surface area contributed by atoms with E-state index >= 15 is 0 Å². The van der Waals surface area contributed by atoms with Crippen molar-refractivity contribution in [3.05, 3.63) is 50.4 Å². The fourth-order valence-corrected chi connectivity index (χ4v) is 5.18. The molecule has 1 aromatic carbocycles. The predicted octanol–water partition coefficient (Wildman–Crippen LogP) is 4.90. The van der Waals surface area contributed by atoms with Crippen molar-refractivity contribution in [3.63, 3.8) is 0 Å². The summed E-state index contributed by atoms with van der Waals surface area (Å²) in [6, 6.07) is 5.47. The molecule has 0 saturated carbocycles. The summed E-state index contributed by atoms with van der Waals surface area (Å²) in [6.45, 7) is 11.6. The Morgan fingerprint density at radius 1 is 1.21 bits per heavy atom. The van der Waals surface area contributed by atoms with E-state index in [0.717, 1.165) is 20.8 Å². The number of rotatable bonds is 9. The second-order valence-corrected chi connectivity index (χ2v) is 10.8. The molecule has 0 aliphatic rings. The highest BCUT2D eigenvalue weighted by Crippen LogP contribution is 2.31.